The largest absolute Gasteiger partial charge is 0.454 e. The summed E-state index contributed by atoms with van der Waals surface area (Å²) in [6, 6.07) is 5.40. The van der Waals surface area contributed by atoms with Crippen LogP contribution in [-0.2, 0) is 11.0 Å². The van der Waals surface area contributed by atoms with Gasteiger partial charge in [-0.3, -0.25) is 4.79 Å². The van der Waals surface area contributed by atoms with Crippen LogP contribution in [0.3, 0.4) is 0 Å². The van der Waals surface area contributed by atoms with E-state index in [1.54, 1.807) is 0 Å². The van der Waals surface area contributed by atoms with Crippen LogP contribution in [0.25, 0.3) is 0 Å². The highest BCUT2D eigenvalue weighted by atomic mass is 28.4. The maximum Gasteiger partial charge on any atom is 0.454 e. The molecule has 0 unspecified atom stereocenters. The first-order chi connectivity index (χ1) is 9.34. The van der Waals surface area contributed by atoms with Gasteiger partial charge in [-0.1, -0.05) is 45.0 Å². The van der Waals surface area contributed by atoms with Crippen LogP contribution in [0.15, 0.2) is 24.3 Å². The van der Waals surface area contributed by atoms with E-state index in [9.17, 15) is 18.0 Å². The van der Waals surface area contributed by atoms with Crippen molar-refractivity contribution in [3.8, 4) is 0 Å². The van der Waals surface area contributed by atoms with Crippen molar-refractivity contribution in [2.45, 2.75) is 51.7 Å². The van der Waals surface area contributed by atoms with Crippen LogP contribution in [0.1, 0.15) is 36.7 Å². The van der Waals surface area contributed by atoms with Gasteiger partial charge in [0.1, 0.15) is 0 Å². The Labute approximate surface area is 124 Å². The van der Waals surface area contributed by atoms with Gasteiger partial charge in [0, 0.05) is 5.56 Å². The standard InChI is InChI=1S/C15H21F3O2Si/c1-14(2,3)21(4,5)20-10-11-6-8-12(9-7-11)13(19)15(16,17)18/h6-9H,10H2,1-5H3. The predicted molar refractivity (Wildman–Crippen MR) is 78.8 cm³/mol. The molecule has 0 aliphatic carbocycles. The van der Waals surface area contributed by atoms with Crippen LogP contribution in [0.2, 0.25) is 18.1 Å². The summed E-state index contributed by atoms with van der Waals surface area (Å²) in [6.07, 6.45) is -4.83. The number of hydrogen-bond donors (Lipinski definition) is 0. The summed E-state index contributed by atoms with van der Waals surface area (Å²) in [5.41, 5.74) is 0.414. The summed E-state index contributed by atoms with van der Waals surface area (Å²) < 4.78 is 42.9. The quantitative estimate of drug-likeness (QED) is 0.580. The molecule has 0 atom stereocenters. The molecule has 0 radical (unpaired) electrons. The second kappa shape index (κ2) is 5.92. The summed E-state index contributed by atoms with van der Waals surface area (Å²) in [5, 5.41) is 0.0686. The average molecular weight is 318 g/mol. The molecule has 0 bridgehead atoms. The van der Waals surface area contributed by atoms with Crippen LogP contribution >= 0.6 is 0 Å². The van der Waals surface area contributed by atoms with Crippen molar-refractivity contribution in [1.82, 2.24) is 0 Å². The van der Waals surface area contributed by atoms with Gasteiger partial charge in [-0.15, -0.1) is 0 Å². The van der Waals surface area contributed by atoms with Gasteiger partial charge in [0.05, 0.1) is 6.61 Å². The lowest BCUT2D eigenvalue weighted by atomic mass is 10.1. The van der Waals surface area contributed by atoms with Gasteiger partial charge in [0.25, 0.3) is 5.78 Å². The number of halogens is 3. The van der Waals surface area contributed by atoms with E-state index in [1.165, 1.54) is 24.3 Å². The van der Waals surface area contributed by atoms with Crippen LogP contribution in [0.4, 0.5) is 13.2 Å². The maximum atomic E-state index is 12.3. The Morgan fingerprint density at radius 3 is 1.95 bits per heavy atom. The number of benzene rings is 1. The second-order valence-corrected chi connectivity index (χ2v) is 11.4. The number of carbonyl (C=O) groups excluding carboxylic acids is 1. The van der Waals surface area contributed by atoms with Gasteiger partial charge in [0.15, 0.2) is 8.32 Å². The topological polar surface area (TPSA) is 26.3 Å². The third-order valence-corrected chi connectivity index (χ3v) is 8.36. The monoisotopic (exact) mass is 318 g/mol. The molecular formula is C15H21F3O2Si. The third-order valence-electron chi connectivity index (χ3n) is 3.88. The molecule has 0 N–H and O–H groups in total. The van der Waals surface area contributed by atoms with E-state index in [1.807, 2.05) is 0 Å². The Morgan fingerprint density at radius 1 is 1.10 bits per heavy atom. The minimum absolute atomic E-state index is 0.0686. The molecule has 1 rings (SSSR count). The van der Waals surface area contributed by atoms with E-state index in [0.717, 1.165) is 5.56 Å². The predicted octanol–water partition coefficient (Wildman–Crippen LogP) is 4.95. The van der Waals surface area contributed by atoms with Gasteiger partial charge >= 0.3 is 6.18 Å². The number of carbonyl (C=O) groups is 1. The molecule has 21 heavy (non-hydrogen) atoms. The van der Waals surface area contributed by atoms with Crippen molar-refractivity contribution in [2.24, 2.45) is 0 Å². The Morgan fingerprint density at radius 2 is 1.57 bits per heavy atom. The van der Waals surface area contributed by atoms with Crippen LogP contribution in [0, 0.1) is 0 Å². The fourth-order valence-electron chi connectivity index (χ4n) is 1.40. The first-order valence-electron chi connectivity index (χ1n) is 6.69. The first-order valence-corrected chi connectivity index (χ1v) is 9.60. The van der Waals surface area contributed by atoms with Gasteiger partial charge < -0.3 is 4.43 Å². The lowest BCUT2D eigenvalue weighted by Gasteiger charge is -2.36. The van der Waals surface area contributed by atoms with Crippen molar-refractivity contribution >= 4 is 14.1 Å². The van der Waals surface area contributed by atoms with Gasteiger partial charge in [-0.2, -0.15) is 13.2 Å². The zero-order chi connectivity index (χ0) is 16.5. The van der Waals surface area contributed by atoms with E-state index in [0.29, 0.717) is 6.61 Å². The van der Waals surface area contributed by atoms with Crippen molar-refractivity contribution in [3.05, 3.63) is 35.4 Å². The van der Waals surface area contributed by atoms with Crippen molar-refractivity contribution in [2.75, 3.05) is 0 Å². The summed E-state index contributed by atoms with van der Waals surface area (Å²) in [6.45, 7) is 10.9. The van der Waals surface area contributed by atoms with E-state index >= 15 is 0 Å². The lowest BCUT2D eigenvalue weighted by Crippen LogP contribution is -2.40. The third kappa shape index (κ3) is 4.67. The van der Waals surface area contributed by atoms with Crippen LogP contribution in [0.5, 0.6) is 0 Å². The van der Waals surface area contributed by atoms with Gasteiger partial charge in [-0.25, -0.2) is 0 Å². The molecule has 0 aliphatic heterocycles. The molecule has 6 heteroatoms. The van der Waals surface area contributed by atoms with E-state index < -0.39 is 20.3 Å². The Bertz CT molecular complexity index is 499. The normalized spacial score (nSPS) is 13.3. The molecule has 2 nitrogen and oxygen atoms in total. The van der Waals surface area contributed by atoms with Crippen LogP contribution in [-0.4, -0.2) is 20.3 Å². The molecule has 1 aromatic carbocycles. The molecule has 1 aromatic rings. The van der Waals surface area contributed by atoms with Crippen molar-refractivity contribution in [3.63, 3.8) is 0 Å². The zero-order valence-electron chi connectivity index (χ0n) is 13.0. The molecule has 0 amide bonds. The summed E-state index contributed by atoms with van der Waals surface area (Å²) in [7, 11) is -1.90. The fraction of sp³-hybridized carbons (Fsp3) is 0.533. The highest BCUT2D eigenvalue weighted by Crippen LogP contribution is 2.37. The molecular weight excluding hydrogens is 297 g/mol. The van der Waals surface area contributed by atoms with Gasteiger partial charge in [-0.05, 0) is 23.7 Å². The first kappa shape index (κ1) is 17.9. The molecule has 0 fully saturated rings. The summed E-state index contributed by atoms with van der Waals surface area (Å²) >= 11 is 0. The number of hydrogen-bond acceptors (Lipinski definition) is 2. The second-order valence-electron chi connectivity index (χ2n) is 6.57. The van der Waals surface area contributed by atoms with E-state index in [-0.39, 0.29) is 10.6 Å². The number of ketones is 1. The minimum atomic E-state index is -4.83. The molecule has 0 saturated heterocycles. The fourth-order valence-corrected chi connectivity index (χ4v) is 2.36. The molecule has 118 valence electrons. The van der Waals surface area contributed by atoms with E-state index in [2.05, 4.69) is 33.9 Å². The zero-order valence-corrected chi connectivity index (χ0v) is 14.0. The maximum absolute atomic E-state index is 12.3. The number of Topliss-reactive ketones (excluding diaryl/α,β-unsaturated/α-hetero) is 1. The molecule has 0 saturated carbocycles. The lowest BCUT2D eigenvalue weighted by molar-refractivity contribution is -0.0885. The molecule has 0 aliphatic rings. The van der Waals surface area contributed by atoms with Crippen LogP contribution < -0.4 is 0 Å². The van der Waals surface area contributed by atoms with Crippen molar-refractivity contribution < 1.29 is 22.4 Å². The Kier molecular flexibility index (Phi) is 5.05. The average Bonchev–Trinajstić information content (AvgIpc) is 2.34. The summed E-state index contributed by atoms with van der Waals surface area (Å²) in [4.78, 5) is 11.1. The highest BCUT2D eigenvalue weighted by Gasteiger charge is 2.39. The minimum Gasteiger partial charge on any atom is -0.413 e. The smallest absolute Gasteiger partial charge is 0.413 e. The van der Waals surface area contributed by atoms with E-state index in [4.69, 9.17) is 4.43 Å². The number of rotatable bonds is 4. The Balaban J connectivity index is 2.75. The Hall–Kier alpha value is -1.14. The highest BCUT2D eigenvalue weighted by molar-refractivity contribution is 6.74. The van der Waals surface area contributed by atoms with Crippen molar-refractivity contribution in [1.29, 1.82) is 0 Å². The summed E-state index contributed by atoms with van der Waals surface area (Å²) in [5.74, 6) is -1.82. The van der Waals surface area contributed by atoms with Gasteiger partial charge in [0.2, 0.25) is 0 Å². The molecule has 0 heterocycles. The molecule has 0 spiro atoms. The number of alkyl halides is 3. The molecule has 0 aromatic heterocycles. The SMILES string of the molecule is CC(C)(C)[Si](C)(C)OCc1ccc(C(=O)C(F)(F)F)cc1.